The van der Waals surface area contributed by atoms with Crippen molar-refractivity contribution in [3.63, 3.8) is 0 Å². The largest absolute Gasteiger partial charge is 0.872 e. The minimum absolute atomic E-state index is 0.0849. The van der Waals surface area contributed by atoms with Gasteiger partial charge in [-0.25, -0.2) is 4.79 Å². The Hall–Kier alpha value is -2.73. The summed E-state index contributed by atoms with van der Waals surface area (Å²) in [5, 5.41) is 27.6. The summed E-state index contributed by atoms with van der Waals surface area (Å²) in [6.07, 6.45) is 0. The van der Waals surface area contributed by atoms with Crippen LogP contribution in [-0.4, -0.2) is 29.7 Å². The van der Waals surface area contributed by atoms with Crippen molar-refractivity contribution in [2.45, 2.75) is 46.7 Å². The van der Waals surface area contributed by atoms with Crippen LogP contribution < -0.4 is 10.0 Å². The number of carboxylic acids is 1. The van der Waals surface area contributed by atoms with Gasteiger partial charge in [0.05, 0.1) is 29.9 Å². The molecule has 2 aromatic rings. The Morgan fingerprint density at radius 3 is 2.00 bits per heavy atom. The first-order valence-corrected chi connectivity index (χ1v) is 9.13. The molecule has 2 N–H and O–H groups in total. The fraction of sp³-hybridized carbons (Fsp3) is 0.381. The molecule has 0 saturated heterocycles. The monoisotopic (exact) mass is 371 g/mol. The highest BCUT2D eigenvalue weighted by Crippen LogP contribution is 2.22. The summed E-state index contributed by atoms with van der Waals surface area (Å²) in [4.78, 5) is 12.6. The van der Waals surface area contributed by atoms with Crippen molar-refractivity contribution in [2.24, 2.45) is 10.2 Å². The fourth-order valence-corrected chi connectivity index (χ4v) is 2.85. The summed E-state index contributed by atoms with van der Waals surface area (Å²) in [5.74, 6) is -1.17. The zero-order valence-electron chi connectivity index (χ0n) is 16.6. The van der Waals surface area contributed by atoms with E-state index < -0.39 is 5.97 Å². The summed E-state index contributed by atoms with van der Waals surface area (Å²) in [7, 11) is 0. The van der Waals surface area contributed by atoms with E-state index in [1.165, 1.54) is 36.9 Å². The van der Waals surface area contributed by atoms with E-state index >= 15 is 0 Å². The maximum Gasteiger partial charge on any atom is 0.337 e. The molecule has 0 saturated carbocycles. The third-order valence-electron chi connectivity index (χ3n) is 4.14. The topological polar surface area (TPSA) is 89.5 Å². The predicted molar refractivity (Wildman–Crippen MR) is 105 cm³/mol. The zero-order valence-corrected chi connectivity index (χ0v) is 16.6. The van der Waals surface area contributed by atoms with Gasteiger partial charge in [0.15, 0.2) is 0 Å². The Morgan fingerprint density at radius 2 is 1.56 bits per heavy atom. The molecule has 0 fully saturated rings. The normalized spacial score (nSPS) is 11.1. The number of carbonyl (C=O) groups is 1. The van der Waals surface area contributed by atoms with Crippen LogP contribution in [0.3, 0.4) is 0 Å². The molecule has 2 aromatic carbocycles. The minimum atomic E-state index is -1.06. The van der Waals surface area contributed by atoms with Crippen molar-refractivity contribution >= 4 is 17.3 Å². The Balaban J connectivity index is 0.000000345. The lowest BCUT2D eigenvalue weighted by atomic mass is 10.2. The molecule has 0 aliphatic rings. The first-order valence-electron chi connectivity index (χ1n) is 9.13. The number of hydrogen-bond acceptors (Lipinski definition) is 4. The summed E-state index contributed by atoms with van der Waals surface area (Å²) >= 11 is 0. The summed E-state index contributed by atoms with van der Waals surface area (Å²) in [5.41, 5.74) is 0.854. The summed E-state index contributed by atoms with van der Waals surface area (Å²) < 4.78 is 0. The predicted octanol–water partition coefficient (Wildman–Crippen LogP) is 3.58. The molecule has 0 aliphatic carbocycles. The molecule has 0 aromatic heterocycles. The highest BCUT2D eigenvalue weighted by atomic mass is 16.4. The Kier molecular flexibility index (Phi) is 9.16. The van der Waals surface area contributed by atoms with Crippen LogP contribution >= 0.6 is 0 Å². The number of benzene rings is 2. The smallest absolute Gasteiger partial charge is 0.337 e. The molecule has 6 heteroatoms. The van der Waals surface area contributed by atoms with Gasteiger partial charge in [-0.3, -0.25) is 0 Å². The quantitative estimate of drug-likeness (QED) is 0.761. The van der Waals surface area contributed by atoms with Crippen LogP contribution in [0.1, 0.15) is 45.0 Å². The maximum absolute atomic E-state index is 10.9. The van der Waals surface area contributed by atoms with Gasteiger partial charge in [-0.2, -0.15) is 5.11 Å². The minimum Gasteiger partial charge on any atom is -0.872 e. The summed E-state index contributed by atoms with van der Waals surface area (Å²) in [6.45, 7) is 12.6. The molecular weight excluding hydrogens is 342 g/mol. The van der Waals surface area contributed by atoms with Crippen molar-refractivity contribution in [3.05, 3.63) is 54.1 Å². The average molecular weight is 371 g/mol. The lowest BCUT2D eigenvalue weighted by molar-refractivity contribution is -0.940. The second-order valence-corrected chi connectivity index (χ2v) is 6.75. The van der Waals surface area contributed by atoms with Gasteiger partial charge < -0.3 is 15.1 Å². The molecular formula is C21H29N3O3. The fourth-order valence-electron chi connectivity index (χ4n) is 2.85. The first kappa shape index (κ1) is 22.3. The Bertz CT molecular complexity index is 733. The van der Waals surface area contributed by atoms with Crippen LogP contribution in [0.15, 0.2) is 58.8 Å². The molecule has 6 nitrogen and oxygen atoms in total. The van der Waals surface area contributed by atoms with Gasteiger partial charge in [0.2, 0.25) is 0 Å². The molecule has 0 unspecified atom stereocenters. The lowest BCUT2D eigenvalue weighted by Crippen LogP contribution is -3.17. The van der Waals surface area contributed by atoms with Gasteiger partial charge >= 0.3 is 5.97 Å². The van der Waals surface area contributed by atoms with E-state index in [0.717, 1.165) is 12.1 Å². The van der Waals surface area contributed by atoms with Gasteiger partial charge in [-0.1, -0.05) is 24.3 Å². The van der Waals surface area contributed by atoms with Gasteiger partial charge in [-0.15, -0.1) is 10.9 Å². The second-order valence-electron chi connectivity index (χ2n) is 6.75. The molecule has 0 amide bonds. The van der Waals surface area contributed by atoms with Gasteiger partial charge in [-0.05, 0) is 58.9 Å². The third-order valence-corrected chi connectivity index (χ3v) is 4.14. The molecule has 2 rings (SSSR count). The van der Waals surface area contributed by atoms with Crippen LogP contribution in [0.4, 0.5) is 11.4 Å². The highest BCUT2D eigenvalue weighted by molar-refractivity contribution is 5.93. The number of nitrogens with zero attached hydrogens (tertiary/aromatic N) is 2. The summed E-state index contributed by atoms with van der Waals surface area (Å²) in [6, 6.07) is 13.7. The Labute approximate surface area is 161 Å². The molecule has 0 aliphatic heterocycles. The van der Waals surface area contributed by atoms with Gasteiger partial charge in [0, 0.05) is 0 Å². The average Bonchev–Trinajstić information content (AvgIpc) is 2.62. The van der Waals surface area contributed by atoms with Crippen molar-refractivity contribution in [1.82, 2.24) is 0 Å². The SMILES string of the molecule is CC[NH+](C(C)C)C(C)C.O=C(O)c1ccccc1N=Nc1ccc([O-])cc1. The van der Waals surface area contributed by atoms with Crippen LogP contribution in [0.5, 0.6) is 5.75 Å². The van der Waals surface area contributed by atoms with Gasteiger partial charge in [0.25, 0.3) is 0 Å². The number of azo groups is 1. The number of rotatable bonds is 6. The van der Waals surface area contributed by atoms with Crippen LogP contribution in [0.2, 0.25) is 0 Å². The van der Waals surface area contributed by atoms with Crippen molar-refractivity contribution in [1.29, 1.82) is 0 Å². The number of carboxylic acid groups (broad SMARTS) is 1. The third kappa shape index (κ3) is 7.58. The highest BCUT2D eigenvalue weighted by Gasteiger charge is 2.13. The van der Waals surface area contributed by atoms with E-state index in [9.17, 15) is 9.90 Å². The van der Waals surface area contributed by atoms with Crippen LogP contribution in [0, 0.1) is 0 Å². The number of aromatic carboxylic acids is 1. The molecule has 0 bridgehead atoms. The molecule has 0 atom stereocenters. The second kappa shape index (κ2) is 11.1. The van der Waals surface area contributed by atoms with E-state index in [2.05, 4.69) is 44.8 Å². The van der Waals surface area contributed by atoms with Crippen molar-refractivity contribution in [2.75, 3.05) is 6.54 Å². The maximum atomic E-state index is 10.9. The van der Waals surface area contributed by atoms with Crippen LogP contribution in [-0.2, 0) is 0 Å². The van der Waals surface area contributed by atoms with Gasteiger partial charge in [0.1, 0.15) is 5.69 Å². The van der Waals surface area contributed by atoms with E-state index in [-0.39, 0.29) is 17.0 Å². The van der Waals surface area contributed by atoms with E-state index in [4.69, 9.17) is 5.11 Å². The first-order chi connectivity index (χ1) is 12.8. The standard InChI is InChI=1S/C13H10N2O3.C8H19N/c16-10-7-5-9(6-8-10)14-15-12-4-2-1-3-11(12)13(17)18;1-6-9(7(2)3)8(4)5/h1-8,16H,(H,17,18);7-8H,6H2,1-5H3. The molecule has 146 valence electrons. The van der Waals surface area contributed by atoms with E-state index in [0.29, 0.717) is 5.69 Å². The van der Waals surface area contributed by atoms with E-state index in [1.807, 2.05) is 0 Å². The Morgan fingerprint density at radius 1 is 1.00 bits per heavy atom. The van der Waals surface area contributed by atoms with Crippen LogP contribution in [0.25, 0.3) is 0 Å². The number of quaternary nitrogens is 1. The molecule has 0 spiro atoms. The van der Waals surface area contributed by atoms with E-state index in [1.54, 1.807) is 23.1 Å². The molecule has 0 heterocycles. The molecule has 27 heavy (non-hydrogen) atoms. The molecule has 0 radical (unpaired) electrons. The number of nitrogens with one attached hydrogen (secondary N) is 1. The van der Waals surface area contributed by atoms with Crippen molar-refractivity contribution in [3.8, 4) is 5.75 Å². The lowest BCUT2D eigenvalue weighted by Gasteiger charge is -2.25. The van der Waals surface area contributed by atoms with Crippen molar-refractivity contribution < 1.29 is 19.9 Å². The zero-order chi connectivity index (χ0) is 20.4. The number of hydrogen-bond donors (Lipinski definition) is 2.